The Bertz CT molecular complexity index is 1210. The van der Waals surface area contributed by atoms with Crippen molar-refractivity contribution < 1.29 is 58.8 Å². The highest BCUT2D eigenvalue weighted by Crippen LogP contribution is 2.58. The zero-order valence-corrected chi connectivity index (χ0v) is 22.6. The molecular formula is C28H38O12. The molecule has 5 rings (SSSR count). The molecule has 40 heavy (non-hydrogen) atoms. The largest absolute Gasteiger partial charge is 0.490 e. The predicted molar refractivity (Wildman–Crippen MR) is 137 cm³/mol. The van der Waals surface area contributed by atoms with E-state index in [4.69, 9.17) is 23.4 Å². The predicted octanol–water partition coefficient (Wildman–Crippen LogP) is 0.255. The topological polar surface area (TPSA) is 189 Å². The summed E-state index contributed by atoms with van der Waals surface area (Å²) in [5.74, 6) is -2.37. The van der Waals surface area contributed by atoms with Gasteiger partial charge in [0.1, 0.15) is 17.8 Å². The van der Waals surface area contributed by atoms with Gasteiger partial charge in [-0.05, 0) is 56.2 Å². The highest BCUT2D eigenvalue weighted by atomic mass is 16.7. The van der Waals surface area contributed by atoms with Crippen LogP contribution in [0.3, 0.4) is 0 Å². The van der Waals surface area contributed by atoms with Crippen LogP contribution >= 0.6 is 0 Å². The van der Waals surface area contributed by atoms with Gasteiger partial charge in [-0.3, -0.25) is 4.79 Å². The number of aliphatic hydroxyl groups is 6. The van der Waals surface area contributed by atoms with Crippen molar-refractivity contribution in [2.24, 2.45) is 17.8 Å². The van der Waals surface area contributed by atoms with Crippen molar-refractivity contribution in [1.82, 2.24) is 0 Å². The summed E-state index contributed by atoms with van der Waals surface area (Å²) in [4.78, 5) is 12.2. The van der Waals surface area contributed by atoms with Gasteiger partial charge in [-0.15, -0.1) is 0 Å². The molecule has 0 unspecified atom stereocenters. The molecule has 3 aliphatic rings. The zero-order valence-electron chi connectivity index (χ0n) is 22.6. The van der Waals surface area contributed by atoms with Gasteiger partial charge in [-0.25, -0.2) is 0 Å². The van der Waals surface area contributed by atoms with Crippen molar-refractivity contribution in [3.8, 4) is 11.5 Å². The van der Waals surface area contributed by atoms with E-state index in [9.17, 15) is 35.4 Å². The number of ether oxygens (including phenoxy) is 4. The van der Waals surface area contributed by atoms with Gasteiger partial charge < -0.3 is 54.0 Å². The number of methoxy groups -OCH3 is 1. The van der Waals surface area contributed by atoms with E-state index in [0.717, 1.165) is 0 Å². The van der Waals surface area contributed by atoms with Crippen LogP contribution in [0.5, 0.6) is 11.5 Å². The van der Waals surface area contributed by atoms with Crippen molar-refractivity contribution in [3.05, 3.63) is 24.0 Å². The fourth-order valence-electron chi connectivity index (χ4n) is 7.16. The molecule has 3 fully saturated rings. The van der Waals surface area contributed by atoms with Crippen LogP contribution in [0.4, 0.5) is 0 Å². The lowest BCUT2D eigenvalue weighted by Gasteiger charge is -2.64. The molecule has 2 aliphatic carbocycles. The van der Waals surface area contributed by atoms with Crippen molar-refractivity contribution in [2.75, 3.05) is 26.9 Å². The Morgan fingerprint density at radius 3 is 2.60 bits per heavy atom. The maximum absolute atomic E-state index is 12.3. The van der Waals surface area contributed by atoms with Crippen LogP contribution in [-0.2, 0) is 20.7 Å². The maximum atomic E-state index is 12.3. The number of hydrogen-bond acceptors (Lipinski definition) is 12. The molecule has 2 heterocycles. The molecule has 0 amide bonds. The molecule has 1 aromatic heterocycles. The Labute approximate surface area is 231 Å². The van der Waals surface area contributed by atoms with Crippen LogP contribution in [0.2, 0.25) is 0 Å². The first-order chi connectivity index (χ1) is 19.1. The van der Waals surface area contributed by atoms with Crippen LogP contribution in [0.25, 0.3) is 11.0 Å². The van der Waals surface area contributed by atoms with Crippen LogP contribution in [0.1, 0.15) is 38.2 Å². The van der Waals surface area contributed by atoms with Crippen LogP contribution < -0.4 is 9.47 Å². The van der Waals surface area contributed by atoms with E-state index in [1.165, 1.54) is 13.4 Å². The molecular weight excluding hydrogens is 528 g/mol. The van der Waals surface area contributed by atoms with Crippen LogP contribution in [0, 0.1) is 17.8 Å². The molecule has 2 aromatic rings. The van der Waals surface area contributed by atoms with Crippen molar-refractivity contribution in [3.63, 3.8) is 0 Å². The van der Waals surface area contributed by atoms with Gasteiger partial charge in [0, 0.05) is 30.2 Å². The monoisotopic (exact) mass is 566 g/mol. The molecule has 0 radical (unpaired) electrons. The summed E-state index contributed by atoms with van der Waals surface area (Å²) in [7, 11) is 1.40. The summed E-state index contributed by atoms with van der Waals surface area (Å²) in [5, 5.41) is 67.1. The molecule has 2 bridgehead atoms. The SMILES string of the molecule is CCOC(=O)CCc1cc2ccoc2c(OC)c1O[C@H]1O[C@H](CO)[C@]2(O)C[C@@H]3CC[C@@H](O)[C@H](CO)[C@@H]3[C@]1(O)[C@H]2O. The first-order valence-corrected chi connectivity index (χ1v) is 13.7. The fraction of sp³-hybridized carbons (Fsp3) is 0.679. The number of fused-ring (bicyclic) bond motifs is 5. The van der Waals surface area contributed by atoms with Crippen LogP contribution in [-0.4, -0.2) is 99.3 Å². The second-order valence-electron chi connectivity index (χ2n) is 11.1. The number of carbonyl (C=O) groups excluding carboxylic acids is 1. The Morgan fingerprint density at radius 1 is 1.15 bits per heavy atom. The third kappa shape index (κ3) is 4.46. The number of carbonyl (C=O) groups is 1. The van der Waals surface area contributed by atoms with Gasteiger partial charge in [0.15, 0.2) is 16.9 Å². The van der Waals surface area contributed by atoms with E-state index >= 15 is 0 Å². The molecule has 1 aliphatic heterocycles. The molecule has 6 N–H and O–H groups in total. The Balaban J connectivity index is 1.61. The molecule has 2 saturated carbocycles. The second-order valence-corrected chi connectivity index (χ2v) is 11.1. The minimum absolute atomic E-state index is 0.00518. The fourth-order valence-corrected chi connectivity index (χ4v) is 7.16. The summed E-state index contributed by atoms with van der Waals surface area (Å²) in [5.41, 5.74) is -3.48. The minimum Gasteiger partial charge on any atom is -0.490 e. The van der Waals surface area contributed by atoms with Crippen molar-refractivity contribution in [2.45, 2.75) is 74.8 Å². The standard InChI is InChI=1S/C28H38O12/c1-3-37-20(32)7-5-14-10-15-8-9-38-22(15)24(36-2)23(14)40-26-28(35)21-16(4-6-18(31)17(21)12-29)11-27(34,25(28)33)19(13-30)39-26/h8-10,16-19,21,25-26,29-31,33-35H,3-7,11-13H2,1-2H3/t16-,17-,18+,19+,21+,25-,26+,27+,28-/m0/s1. The van der Waals surface area contributed by atoms with E-state index in [2.05, 4.69) is 0 Å². The highest BCUT2D eigenvalue weighted by molar-refractivity contribution is 5.87. The number of aliphatic hydroxyl groups excluding tert-OH is 4. The quantitative estimate of drug-likeness (QED) is 0.228. The molecule has 12 nitrogen and oxygen atoms in total. The number of esters is 1. The normalized spacial score (nSPS) is 37.1. The zero-order chi connectivity index (χ0) is 28.8. The number of furan rings is 1. The van der Waals surface area contributed by atoms with E-state index in [-0.39, 0.29) is 37.4 Å². The first-order valence-electron chi connectivity index (χ1n) is 13.7. The molecule has 0 spiro atoms. The van der Waals surface area contributed by atoms with Gasteiger partial charge in [0.2, 0.25) is 12.0 Å². The lowest BCUT2D eigenvalue weighted by molar-refractivity contribution is -0.397. The van der Waals surface area contributed by atoms with E-state index in [1.807, 2.05) is 0 Å². The average molecular weight is 567 g/mol. The second kappa shape index (κ2) is 11.1. The Kier molecular flexibility index (Phi) is 8.05. The maximum Gasteiger partial charge on any atom is 0.306 e. The molecule has 12 heteroatoms. The lowest BCUT2D eigenvalue weighted by Crippen LogP contribution is -2.81. The summed E-state index contributed by atoms with van der Waals surface area (Å²) in [6.07, 6.45) is -3.41. The van der Waals surface area contributed by atoms with E-state index < -0.39 is 72.7 Å². The first kappa shape index (κ1) is 29.1. The van der Waals surface area contributed by atoms with Gasteiger partial charge >= 0.3 is 5.97 Å². The highest BCUT2D eigenvalue weighted by Gasteiger charge is 2.72. The summed E-state index contributed by atoms with van der Waals surface area (Å²) in [6, 6.07) is 3.45. The summed E-state index contributed by atoms with van der Waals surface area (Å²) < 4.78 is 28.7. The van der Waals surface area contributed by atoms with Gasteiger partial charge in [0.05, 0.1) is 32.7 Å². The van der Waals surface area contributed by atoms with Crippen LogP contribution in [0.15, 0.2) is 22.8 Å². The molecule has 9 atom stereocenters. The van der Waals surface area contributed by atoms with E-state index in [1.54, 1.807) is 19.1 Å². The third-order valence-corrected chi connectivity index (χ3v) is 8.99. The number of aryl methyl sites for hydroxylation is 1. The number of benzene rings is 1. The number of rotatable bonds is 9. The van der Waals surface area contributed by atoms with Gasteiger partial charge in [-0.1, -0.05) is 0 Å². The summed E-state index contributed by atoms with van der Waals surface area (Å²) >= 11 is 0. The lowest BCUT2D eigenvalue weighted by atomic mass is 9.51. The molecule has 1 aromatic carbocycles. The smallest absolute Gasteiger partial charge is 0.306 e. The average Bonchev–Trinajstić information content (AvgIpc) is 3.40. The third-order valence-electron chi connectivity index (χ3n) is 8.99. The van der Waals surface area contributed by atoms with E-state index in [0.29, 0.717) is 29.4 Å². The summed E-state index contributed by atoms with van der Waals surface area (Å²) in [6.45, 7) is 0.784. The van der Waals surface area contributed by atoms with Crippen molar-refractivity contribution >= 4 is 16.9 Å². The molecule has 1 saturated heterocycles. The number of hydrogen-bond donors (Lipinski definition) is 6. The Hall–Kier alpha value is -2.45. The minimum atomic E-state index is -2.31. The van der Waals surface area contributed by atoms with Gasteiger partial charge in [0.25, 0.3) is 0 Å². The van der Waals surface area contributed by atoms with Crippen molar-refractivity contribution in [1.29, 1.82) is 0 Å². The van der Waals surface area contributed by atoms with Gasteiger partial charge in [-0.2, -0.15) is 0 Å². The Morgan fingerprint density at radius 2 is 1.93 bits per heavy atom. The molecule has 222 valence electrons.